The number of anilines is 2. The van der Waals surface area contributed by atoms with Crippen molar-refractivity contribution in [3.8, 4) is 0 Å². The first-order valence-corrected chi connectivity index (χ1v) is 12.9. The number of carbonyl (C=O) groups excluding carboxylic acids is 2. The van der Waals surface area contributed by atoms with Gasteiger partial charge in [-0.15, -0.1) is 0 Å². The molecule has 1 atom stereocenters. The van der Waals surface area contributed by atoms with Crippen molar-refractivity contribution in [3.63, 3.8) is 0 Å². The van der Waals surface area contributed by atoms with E-state index in [1.54, 1.807) is 11.0 Å². The third kappa shape index (κ3) is 5.66. The minimum atomic E-state index is -3.49. The molecule has 0 radical (unpaired) electrons. The highest BCUT2D eigenvalue weighted by Crippen LogP contribution is 2.25. The summed E-state index contributed by atoms with van der Waals surface area (Å²) >= 11 is 6.05. The normalized spacial score (nSPS) is 19.7. The van der Waals surface area contributed by atoms with E-state index in [-0.39, 0.29) is 30.5 Å². The van der Waals surface area contributed by atoms with Gasteiger partial charge in [-0.2, -0.15) is 4.31 Å². The van der Waals surface area contributed by atoms with Crippen LogP contribution in [0.5, 0.6) is 0 Å². The van der Waals surface area contributed by atoms with Crippen molar-refractivity contribution in [2.75, 3.05) is 54.8 Å². The largest absolute Gasteiger partial charge is 0.369 e. The first-order valence-electron chi connectivity index (χ1n) is 10.9. The summed E-state index contributed by atoms with van der Waals surface area (Å²) in [5.41, 5.74) is 1.74. The molecule has 2 aromatic carbocycles. The number of nitrogens with one attached hydrogen (secondary N) is 1. The van der Waals surface area contributed by atoms with Gasteiger partial charge in [0.25, 0.3) is 0 Å². The molecule has 176 valence electrons. The average Bonchev–Trinajstić information content (AvgIpc) is 3.21. The highest BCUT2D eigenvalue weighted by molar-refractivity contribution is 7.89. The van der Waals surface area contributed by atoms with Crippen LogP contribution < -0.4 is 15.1 Å². The van der Waals surface area contributed by atoms with E-state index in [2.05, 4.69) is 10.2 Å². The smallest absolute Gasteiger partial charge is 0.227 e. The van der Waals surface area contributed by atoms with Crippen molar-refractivity contribution < 1.29 is 18.0 Å². The average molecular weight is 491 g/mol. The molecule has 1 unspecified atom stereocenters. The molecule has 0 saturated carbocycles. The van der Waals surface area contributed by atoms with Gasteiger partial charge in [0.05, 0.1) is 11.7 Å². The molecule has 2 aliphatic rings. The molecule has 33 heavy (non-hydrogen) atoms. The minimum Gasteiger partial charge on any atom is -0.369 e. The molecule has 2 aliphatic heterocycles. The van der Waals surface area contributed by atoms with Crippen LogP contribution in [0.15, 0.2) is 54.6 Å². The Labute approximate surface area is 199 Å². The van der Waals surface area contributed by atoms with Gasteiger partial charge in [0, 0.05) is 62.1 Å². The Hall–Kier alpha value is -2.62. The summed E-state index contributed by atoms with van der Waals surface area (Å²) in [7, 11) is -3.49. The molecular weight excluding hydrogens is 464 g/mol. The van der Waals surface area contributed by atoms with Gasteiger partial charge in [-0.3, -0.25) is 9.59 Å². The number of amides is 2. The van der Waals surface area contributed by atoms with Gasteiger partial charge in [-0.05, 0) is 30.3 Å². The lowest BCUT2D eigenvalue weighted by atomic mass is 10.1. The molecule has 8 nitrogen and oxygen atoms in total. The van der Waals surface area contributed by atoms with E-state index in [1.807, 2.05) is 48.5 Å². The van der Waals surface area contributed by atoms with Crippen LogP contribution in [-0.4, -0.2) is 69.6 Å². The number of benzene rings is 2. The maximum absolute atomic E-state index is 12.7. The van der Waals surface area contributed by atoms with Crippen LogP contribution in [0.4, 0.5) is 11.4 Å². The zero-order chi connectivity index (χ0) is 23.4. The van der Waals surface area contributed by atoms with Crippen LogP contribution in [-0.2, 0) is 19.6 Å². The van der Waals surface area contributed by atoms with Crippen LogP contribution in [0.1, 0.15) is 6.42 Å². The van der Waals surface area contributed by atoms with Crippen molar-refractivity contribution in [3.05, 3.63) is 59.6 Å². The summed E-state index contributed by atoms with van der Waals surface area (Å²) < 4.78 is 27.0. The molecule has 0 bridgehead atoms. The third-order valence-electron chi connectivity index (χ3n) is 6.03. The number of sulfonamides is 1. The second kappa shape index (κ2) is 10.1. The number of para-hydroxylation sites is 1. The van der Waals surface area contributed by atoms with Gasteiger partial charge < -0.3 is 15.1 Å². The second-order valence-electron chi connectivity index (χ2n) is 8.21. The summed E-state index contributed by atoms with van der Waals surface area (Å²) in [6, 6.07) is 16.7. The zero-order valence-electron chi connectivity index (χ0n) is 18.2. The van der Waals surface area contributed by atoms with E-state index in [1.165, 1.54) is 4.31 Å². The van der Waals surface area contributed by atoms with Crippen LogP contribution in [0, 0.1) is 5.92 Å². The Balaban J connectivity index is 1.24. The van der Waals surface area contributed by atoms with Gasteiger partial charge in [0.1, 0.15) is 0 Å². The first-order chi connectivity index (χ1) is 15.8. The van der Waals surface area contributed by atoms with E-state index in [0.29, 0.717) is 37.7 Å². The van der Waals surface area contributed by atoms with Gasteiger partial charge in [0.2, 0.25) is 21.8 Å². The first kappa shape index (κ1) is 23.5. The number of halogens is 1. The fraction of sp³-hybridized carbons (Fsp3) is 0.391. The maximum atomic E-state index is 12.7. The molecule has 2 fully saturated rings. The van der Waals surface area contributed by atoms with Gasteiger partial charge in [-0.25, -0.2) is 8.42 Å². The van der Waals surface area contributed by atoms with Crippen LogP contribution in [0.25, 0.3) is 0 Å². The maximum Gasteiger partial charge on any atom is 0.227 e. The Morgan fingerprint density at radius 1 is 1.00 bits per heavy atom. The zero-order valence-corrected chi connectivity index (χ0v) is 19.8. The molecule has 0 aliphatic carbocycles. The lowest BCUT2D eigenvalue weighted by Crippen LogP contribution is -2.50. The molecule has 4 rings (SSSR count). The van der Waals surface area contributed by atoms with Crippen LogP contribution in [0.3, 0.4) is 0 Å². The van der Waals surface area contributed by atoms with Crippen molar-refractivity contribution in [2.24, 2.45) is 5.92 Å². The van der Waals surface area contributed by atoms with Gasteiger partial charge >= 0.3 is 0 Å². The summed E-state index contributed by atoms with van der Waals surface area (Å²) in [5, 5.41) is 3.35. The Bertz CT molecular complexity index is 1100. The van der Waals surface area contributed by atoms with Crippen molar-refractivity contribution >= 4 is 44.8 Å². The molecule has 2 amide bonds. The molecule has 2 saturated heterocycles. The van der Waals surface area contributed by atoms with Gasteiger partial charge in [-0.1, -0.05) is 35.9 Å². The summed E-state index contributed by atoms with van der Waals surface area (Å²) in [4.78, 5) is 28.6. The number of hydrogen-bond acceptors (Lipinski definition) is 5. The fourth-order valence-corrected chi connectivity index (χ4v) is 5.74. The van der Waals surface area contributed by atoms with E-state index in [0.717, 1.165) is 11.4 Å². The van der Waals surface area contributed by atoms with Crippen molar-refractivity contribution in [1.29, 1.82) is 0 Å². The lowest BCUT2D eigenvalue weighted by molar-refractivity contribution is -0.126. The van der Waals surface area contributed by atoms with Crippen molar-refractivity contribution in [1.82, 2.24) is 9.62 Å². The van der Waals surface area contributed by atoms with E-state index in [4.69, 9.17) is 11.6 Å². The third-order valence-corrected chi connectivity index (χ3v) is 8.14. The standard InChI is InChI=1S/C23H27ClN4O4S/c24-19-5-4-8-21(16-19)26-10-12-27(13-11-26)33(31,32)14-9-25-23(30)18-15-22(29)28(17-18)20-6-2-1-3-7-20/h1-8,16,18H,9-15,17H2,(H,25,30). The highest BCUT2D eigenvalue weighted by Gasteiger charge is 2.35. The molecular formula is C23H27ClN4O4S. The monoisotopic (exact) mass is 490 g/mol. The summed E-state index contributed by atoms with van der Waals surface area (Å²) in [5.74, 6) is -1.05. The van der Waals surface area contributed by atoms with Gasteiger partial charge in [0.15, 0.2) is 0 Å². The Kier molecular flexibility index (Phi) is 7.21. The minimum absolute atomic E-state index is 0.0195. The molecule has 0 aromatic heterocycles. The van der Waals surface area contributed by atoms with E-state index < -0.39 is 15.9 Å². The predicted octanol–water partition coefficient (Wildman–Crippen LogP) is 1.96. The number of nitrogens with zero attached hydrogens (tertiary/aromatic N) is 3. The quantitative estimate of drug-likeness (QED) is 0.640. The number of carbonyl (C=O) groups is 2. The molecule has 0 spiro atoms. The lowest BCUT2D eigenvalue weighted by Gasteiger charge is -2.35. The Morgan fingerprint density at radius 2 is 1.70 bits per heavy atom. The van der Waals surface area contributed by atoms with E-state index in [9.17, 15) is 18.0 Å². The van der Waals surface area contributed by atoms with Crippen LogP contribution >= 0.6 is 11.6 Å². The topological polar surface area (TPSA) is 90.0 Å². The van der Waals surface area contributed by atoms with Crippen molar-refractivity contribution in [2.45, 2.75) is 6.42 Å². The van der Waals surface area contributed by atoms with E-state index >= 15 is 0 Å². The molecule has 2 aromatic rings. The molecule has 10 heteroatoms. The number of hydrogen-bond donors (Lipinski definition) is 1. The summed E-state index contributed by atoms with van der Waals surface area (Å²) in [6.45, 7) is 2.23. The summed E-state index contributed by atoms with van der Waals surface area (Å²) in [6.07, 6.45) is 0.124. The number of piperazine rings is 1. The SMILES string of the molecule is O=C(NCCS(=O)(=O)N1CCN(c2cccc(Cl)c2)CC1)C1CC(=O)N(c2ccccc2)C1. The fourth-order valence-electron chi connectivity index (χ4n) is 4.21. The second-order valence-corrected chi connectivity index (χ2v) is 10.7. The Morgan fingerprint density at radius 3 is 2.39 bits per heavy atom. The highest BCUT2D eigenvalue weighted by atomic mass is 35.5. The molecule has 2 heterocycles. The number of rotatable bonds is 7. The predicted molar refractivity (Wildman–Crippen MR) is 129 cm³/mol. The molecule has 1 N–H and O–H groups in total. The van der Waals surface area contributed by atoms with Crippen LogP contribution in [0.2, 0.25) is 5.02 Å².